The maximum absolute atomic E-state index is 11.8. The van der Waals surface area contributed by atoms with Gasteiger partial charge in [-0.2, -0.15) is 4.98 Å². The van der Waals surface area contributed by atoms with Crippen LogP contribution in [0.2, 0.25) is 0 Å². The molecule has 0 bridgehead atoms. The second kappa shape index (κ2) is 7.79. The van der Waals surface area contributed by atoms with Crippen molar-refractivity contribution in [3.63, 3.8) is 0 Å². The first-order valence-electron chi connectivity index (χ1n) is 9.65. The van der Waals surface area contributed by atoms with Crippen molar-refractivity contribution in [3.05, 3.63) is 48.3 Å². The van der Waals surface area contributed by atoms with E-state index in [0.717, 1.165) is 24.3 Å². The normalized spacial score (nSPS) is 18.4. The third kappa shape index (κ3) is 3.96. The van der Waals surface area contributed by atoms with Crippen molar-refractivity contribution in [2.24, 2.45) is 0 Å². The first-order chi connectivity index (χ1) is 13.6. The Kier molecular flexibility index (Phi) is 5.21. The van der Waals surface area contributed by atoms with E-state index in [0.29, 0.717) is 18.9 Å². The number of rotatable bonds is 7. The van der Waals surface area contributed by atoms with Crippen molar-refractivity contribution in [2.45, 2.75) is 25.8 Å². The zero-order valence-electron chi connectivity index (χ0n) is 15.9. The van der Waals surface area contributed by atoms with Crippen molar-refractivity contribution < 1.29 is 8.42 Å². The number of sulfone groups is 1. The zero-order valence-corrected chi connectivity index (χ0v) is 16.7. The summed E-state index contributed by atoms with van der Waals surface area (Å²) in [4.78, 5) is 14.3. The number of aromatic amines is 1. The highest BCUT2D eigenvalue weighted by atomic mass is 32.2. The molecule has 8 heteroatoms. The molecule has 2 N–H and O–H groups in total. The summed E-state index contributed by atoms with van der Waals surface area (Å²) in [6.07, 6.45) is 5.28. The van der Waals surface area contributed by atoms with E-state index in [2.05, 4.69) is 37.3 Å². The summed E-state index contributed by atoms with van der Waals surface area (Å²) in [5, 5.41) is 4.53. The van der Waals surface area contributed by atoms with E-state index in [1.54, 1.807) is 6.20 Å². The maximum Gasteiger partial charge on any atom is 0.224 e. The van der Waals surface area contributed by atoms with Gasteiger partial charge in [-0.15, -0.1) is 0 Å². The lowest BCUT2D eigenvalue weighted by atomic mass is 10.1. The van der Waals surface area contributed by atoms with Crippen LogP contribution in [-0.2, 0) is 16.3 Å². The standard InChI is InChI=1S/C20H25N5O2S/c1-2-25(16-9-12-28(26,27)14-16)19-8-11-22-20(24-19)21-10-7-15-13-23-18-6-4-3-5-17(15)18/h3-6,8,11,13,16,23H,2,7,9-10,12,14H2,1H3,(H,21,22,24). The van der Waals surface area contributed by atoms with Gasteiger partial charge in [0, 0.05) is 42.4 Å². The van der Waals surface area contributed by atoms with Gasteiger partial charge in [0.2, 0.25) is 5.95 Å². The molecular formula is C20H25N5O2S. The first-order valence-corrected chi connectivity index (χ1v) is 11.5. The number of aromatic nitrogens is 3. The lowest BCUT2D eigenvalue weighted by Crippen LogP contribution is -2.36. The van der Waals surface area contributed by atoms with Crippen molar-refractivity contribution >= 4 is 32.5 Å². The summed E-state index contributed by atoms with van der Waals surface area (Å²) in [7, 11) is -2.93. The van der Waals surface area contributed by atoms with Gasteiger partial charge in [-0.3, -0.25) is 0 Å². The molecule has 3 aromatic rings. The van der Waals surface area contributed by atoms with Crippen LogP contribution >= 0.6 is 0 Å². The number of fused-ring (bicyclic) bond motifs is 1. The quantitative estimate of drug-likeness (QED) is 0.635. The van der Waals surface area contributed by atoms with Gasteiger partial charge in [-0.25, -0.2) is 13.4 Å². The van der Waals surface area contributed by atoms with Gasteiger partial charge in [0.05, 0.1) is 11.5 Å². The van der Waals surface area contributed by atoms with Gasteiger partial charge < -0.3 is 15.2 Å². The summed E-state index contributed by atoms with van der Waals surface area (Å²) in [5.41, 5.74) is 2.39. The molecule has 28 heavy (non-hydrogen) atoms. The molecule has 0 aliphatic carbocycles. The Balaban J connectivity index is 1.42. The minimum Gasteiger partial charge on any atom is -0.361 e. The molecule has 1 aromatic carbocycles. The molecule has 0 saturated carbocycles. The summed E-state index contributed by atoms with van der Waals surface area (Å²) in [6, 6.07) is 10.1. The Morgan fingerprint density at radius 2 is 2.14 bits per heavy atom. The van der Waals surface area contributed by atoms with Gasteiger partial charge in [0.15, 0.2) is 9.84 Å². The van der Waals surface area contributed by atoms with Crippen LogP contribution in [0.5, 0.6) is 0 Å². The molecule has 148 valence electrons. The average Bonchev–Trinajstić information content (AvgIpc) is 3.26. The van der Waals surface area contributed by atoms with E-state index in [1.807, 2.05) is 31.3 Å². The van der Waals surface area contributed by atoms with Crippen LogP contribution in [0.1, 0.15) is 18.9 Å². The fraction of sp³-hybridized carbons (Fsp3) is 0.400. The molecule has 1 unspecified atom stereocenters. The predicted octanol–water partition coefficient (Wildman–Crippen LogP) is 2.63. The molecule has 0 spiro atoms. The van der Waals surface area contributed by atoms with E-state index in [4.69, 9.17) is 0 Å². The topological polar surface area (TPSA) is 91.0 Å². The summed E-state index contributed by atoms with van der Waals surface area (Å²) >= 11 is 0. The summed E-state index contributed by atoms with van der Waals surface area (Å²) in [6.45, 7) is 3.46. The number of benzene rings is 1. The lowest BCUT2D eigenvalue weighted by Gasteiger charge is -2.28. The number of nitrogens with zero attached hydrogens (tertiary/aromatic N) is 3. The fourth-order valence-electron chi connectivity index (χ4n) is 3.87. The van der Waals surface area contributed by atoms with Crippen molar-refractivity contribution in [1.82, 2.24) is 15.0 Å². The molecule has 2 aromatic heterocycles. The highest BCUT2D eigenvalue weighted by molar-refractivity contribution is 7.91. The number of anilines is 2. The maximum atomic E-state index is 11.8. The summed E-state index contributed by atoms with van der Waals surface area (Å²) in [5.74, 6) is 1.80. The summed E-state index contributed by atoms with van der Waals surface area (Å²) < 4.78 is 23.7. The van der Waals surface area contributed by atoms with Gasteiger partial charge in [-0.05, 0) is 37.5 Å². The number of H-pyrrole nitrogens is 1. The zero-order chi connectivity index (χ0) is 19.6. The molecule has 4 rings (SSSR count). The van der Waals surface area contributed by atoms with E-state index >= 15 is 0 Å². The minimum atomic E-state index is -2.93. The Morgan fingerprint density at radius 1 is 1.29 bits per heavy atom. The highest BCUT2D eigenvalue weighted by Gasteiger charge is 2.32. The molecule has 0 amide bonds. The van der Waals surface area contributed by atoms with E-state index in [-0.39, 0.29) is 17.5 Å². The van der Waals surface area contributed by atoms with Gasteiger partial charge in [-0.1, -0.05) is 18.2 Å². The third-order valence-corrected chi connectivity index (χ3v) is 7.03. The number of nitrogens with one attached hydrogen (secondary N) is 2. The molecule has 7 nitrogen and oxygen atoms in total. The Morgan fingerprint density at radius 3 is 2.93 bits per heavy atom. The number of hydrogen-bond donors (Lipinski definition) is 2. The van der Waals surface area contributed by atoms with Crippen LogP contribution in [0, 0.1) is 0 Å². The molecule has 1 aliphatic heterocycles. The molecule has 1 saturated heterocycles. The Hall–Kier alpha value is -2.61. The van der Waals surface area contributed by atoms with Crippen molar-refractivity contribution in [1.29, 1.82) is 0 Å². The average molecular weight is 400 g/mol. The third-order valence-electron chi connectivity index (χ3n) is 5.28. The first kappa shape index (κ1) is 18.7. The van der Waals surface area contributed by atoms with Gasteiger partial charge in [0.1, 0.15) is 5.82 Å². The van der Waals surface area contributed by atoms with E-state index in [9.17, 15) is 8.42 Å². The second-order valence-electron chi connectivity index (χ2n) is 7.12. The molecule has 3 heterocycles. The highest BCUT2D eigenvalue weighted by Crippen LogP contribution is 2.23. The predicted molar refractivity (Wildman–Crippen MR) is 113 cm³/mol. The van der Waals surface area contributed by atoms with Crippen LogP contribution in [0.4, 0.5) is 11.8 Å². The van der Waals surface area contributed by atoms with Crippen LogP contribution in [-0.4, -0.2) is 54.0 Å². The van der Waals surface area contributed by atoms with Crippen LogP contribution in [0.15, 0.2) is 42.7 Å². The van der Waals surface area contributed by atoms with Gasteiger partial charge >= 0.3 is 0 Å². The molecule has 0 radical (unpaired) electrons. The fourth-order valence-corrected chi connectivity index (χ4v) is 5.60. The second-order valence-corrected chi connectivity index (χ2v) is 9.35. The number of hydrogen-bond acceptors (Lipinski definition) is 6. The van der Waals surface area contributed by atoms with Crippen molar-refractivity contribution in [2.75, 3.05) is 34.8 Å². The molecular weight excluding hydrogens is 374 g/mol. The van der Waals surface area contributed by atoms with E-state index in [1.165, 1.54) is 10.9 Å². The molecule has 1 atom stereocenters. The van der Waals surface area contributed by atoms with Gasteiger partial charge in [0.25, 0.3) is 0 Å². The lowest BCUT2D eigenvalue weighted by molar-refractivity contribution is 0.599. The number of para-hydroxylation sites is 1. The Bertz CT molecular complexity index is 1060. The molecule has 1 aliphatic rings. The Labute approximate surface area is 165 Å². The largest absolute Gasteiger partial charge is 0.361 e. The monoisotopic (exact) mass is 399 g/mol. The van der Waals surface area contributed by atoms with Crippen LogP contribution < -0.4 is 10.2 Å². The van der Waals surface area contributed by atoms with Crippen LogP contribution in [0.25, 0.3) is 10.9 Å². The minimum absolute atomic E-state index is 0.0102. The SMILES string of the molecule is CCN(c1ccnc(NCCc2c[nH]c3ccccc23)n1)C1CCS(=O)(=O)C1. The van der Waals surface area contributed by atoms with Crippen molar-refractivity contribution in [3.8, 4) is 0 Å². The van der Waals surface area contributed by atoms with E-state index < -0.39 is 9.84 Å². The van der Waals surface area contributed by atoms with Crippen LogP contribution in [0.3, 0.4) is 0 Å². The smallest absolute Gasteiger partial charge is 0.224 e. The molecule has 1 fully saturated rings.